The number of benzene rings is 1. The minimum atomic E-state index is 0.468. The van der Waals surface area contributed by atoms with Crippen LogP contribution < -0.4 is 15.4 Å². The zero-order valence-corrected chi connectivity index (χ0v) is 12.2. The van der Waals surface area contributed by atoms with E-state index in [1.807, 2.05) is 0 Å². The Labute approximate surface area is 116 Å². The summed E-state index contributed by atoms with van der Waals surface area (Å²) in [4.78, 5) is 2.43. The van der Waals surface area contributed by atoms with Crippen LogP contribution in [-0.2, 0) is 0 Å². The predicted octanol–water partition coefficient (Wildman–Crippen LogP) is 2.09. The summed E-state index contributed by atoms with van der Waals surface area (Å²) in [6, 6.07) is 6.34. The Morgan fingerprint density at radius 2 is 2.05 bits per heavy atom. The topological polar surface area (TPSA) is 36.5 Å². The number of rotatable bonds is 5. The van der Waals surface area contributed by atoms with E-state index in [1.165, 1.54) is 11.3 Å². The average Bonchev–Trinajstić information content (AvgIpc) is 2.46. The molecule has 1 aromatic carbocycles. The molecule has 2 N–H and O–H groups in total. The first-order chi connectivity index (χ1) is 9.20. The minimum absolute atomic E-state index is 0.468. The van der Waals surface area contributed by atoms with Crippen LogP contribution in [0.1, 0.15) is 25.3 Å². The van der Waals surface area contributed by atoms with Gasteiger partial charge in [0.1, 0.15) is 5.75 Å². The van der Waals surface area contributed by atoms with Gasteiger partial charge in [-0.1, -0.05) is 13.8 Å². The molecule has 0 bridgehead atoms. The van der Waals surface area contributed by atoms with Gasteiger partial charge in [-0.15, -0.1) is 0 Å². The molecule has 2 rings (SSSR count). The number of hydrogen-bond acceptors (Lipinski definition) is 4. The zero-order valence-electron chi connectivity index (χ0n) is 12.2. The van der Waals surface area contributed by atoms with Gasteiger partial charge in [-0.05, 0) is 29.7 Å². The van der Waals surface area contributed by atoms with Crippen molar-refractivity contribution >= 4 is 5.69 Å². The Hall–Kier alpha value is -1.26. The van der Waals surface area contributed by atoms with E-state index in [2.05, 4.69) is 47.6 Å². The van der Waals surface area contributed by atoms with Crippen molar-refractivity contribution in [1.29, 1.82) is 0 Å². The molecule has 1 saturated heterocycles. The largest absolute Gasteiger partial charge is 0.496 e. The molecule has 0 radical (unpaired) electrons. The Kier molecular flexibility index (Phi) is 5.05. The smallest absolute Gasteiger partial charge is 0.122 e. The van der Waals surface area contributed by atoms with Gasteiger partial charge < -0.3 is 15.4 Å². The first-order valence-electron chi connectivity index (χ1n) is 7.05. The molecule has 1 aromatic rings. The van der Waals surface area contributed by atoms with Crippen molar-refractivity contribution in [2.75, 3.05) is 45.3 Å². The third kappa shape index (κ3) is 3.85. The first-order valence-corrected chi connectivity index (χ1v) is 7.05. The highest BCUT2D eigenvalue weighted by Gasteiger charge is 2.11. The molecule has 0 unspecified atom stereocenters. The molecular formula is C15H25N3O. The molecule has 1 heterocycles. The molecule has 1 aliphatic heterocycles. The zero-order chi connectivity index (χ0) is 13.7. The van der Waals surface area contributed by atoms with Crippen LogP contribution in [0.2, 0.25) is 0 Å². The van der Waals surface area contributed by atoms with Gasteiger partial charge in [0.2, 0.25) is 0 Å². The average molecular weight is 263 g/mol. The second-order valence-corrected chi connectivity index (χ2v) is 5.31. The molecule has 4 heteroatoms. The van der Waals surface area contributed by atoms with Crippen LogP contribution in [0.5, 0.6) is 5.75 Å². The molecule has 0 spiro atoms. The van der Waals surface area contributed by atoms with Crippen LogP contribution in [0.3, 0.4) is 0 Å². The van der Waals surface area contributed by atoms with Gasteiger partial charge in [0.05, 0.1) is 13.8 Å². The molecule has 0 aliphatic carbocycles. The fraction of sp³-hybridized carbons (Fsp3) is 0.600. The lowest BCUT2D eigenvalue weighted by Gasteiger charge is -2.27. The van der Waals surface area contributed by atoms with Crippen molar-refractivity contribution in [2.24, 2.45) is 0 Å². The third-order valence-corrected chi connectivity index (χ3v) is 3.57. The summed E-state index contributed by atoms with van der Waals surface area (Å²) in [5.74, 6) is 1.44. The maximum atomic E-state index is 5.41. The van der Waals surface area contributed by atoms with Crippen LogP contribution in [0.15, 0.2) is 18.2 Å². The summed E-state index contributed by atoms with van der Waals surface area (Å²) in [5, 5.41) is 6.87. The van der Waals surface area contributed by atoms with Crippen molar-refractivity contribution in [3.63, 3.8) is 0 Å². The molecule has 19 heavy (non-hydrogen) atoms. The van der Waals surface area contributed by atoms with Crippen LogP contribution in [-0.4, -0.2) is 44.9 Å². The number of anilines is 1. The van der Waals surface area contributed by atoms with Crippen LogP contribution in [0, 0.1) is 0 Å². The van der Waals surface area contributed by atoms with Crippen molar-refractivity contribution in [3.8, 4) is 5.75 Å². The van der Waals surface area contributed by atoms with E-state index in [0.717, 1.165) is 38.6 Å². The standard InChI is InChI=1S/C15H25N3O/c1-12(2)14-10-13(4-5-15(14)19-3)17-11-18-8-6-16-7-9-18/h4-5,10,12,16-17H,6-9,11H2,1-3H3. The molecule has 1 fully saturated rings. The monoisotopic (exact) mass is 263 g/mol. The summed E-state index contributed by atoms with van der Waals surface area (Å²) >= 11 is 0. The predicted molar refractivity (Wildman–Crippen MR) is 80.0 cm³/mol. The lowest BCUT2D eigenvalue weighted by molar-refractivity contribution is 0.256. The van der Waals surface area contributed by atoms with E-state index in [1.54, 1.807) is 7.11 Å². The Morgan fingerprint density at radius 3 is 2.68 bits per heavy atom. The summed E-state index contributed by atoms with van der Waals surface area (Å²) in [6.45, 7) is 9.69. The lowest BCUT2D eigenvalue weighted by Crippen LogP contribution is -2.45. The van der Waals surface area contributed by atoms with Gasteiger partial charge in [-0.3, -0.25) is 4.90 Å². The van der Waals surface area contributed by atoms with Crippen molar-refractivity contribution in [1.82, 2.24) is 10.2 Å². The number of methoxy groups -OCH3 is 1. The second-order valence-electron chi connectivity index (χ2n) is 5.31. The summed E-state index contributed by atoms with van der Waals surface area (Å²) in [7, 11) is 1.73. The quantitative estimate of drug-likeness (QED) is 0.853. The van der Waals surface area contributed by atoms with E-state index in [4.69, 9.17) is 4.74 Å². The van der Waals surface area contributed by atoms with Gasteiger partial charge >= 0.3 is 0 Å². The van der Waals surface area contributed by atoms with Crippen LogP contribution >= 0.6 is 0 Å². The fourth-order valence-electron chi connectivity index (χ4n) is 2.37. The van der Waals surface area contributed by atoms with Gasteiger partial charge in [0.25, 0.3) is 0 Å². The normalized spacial score (nSPS) is 16.6. The molecule has 0 saturated carbocycles. The summed E-state index contributed by atoms with van der Waals surface area (Å²) in [5.41, 5.74) is 2.43. The molecule has 1 aliphatic rings. The Balaban J connectivity index is 1.98. The number of hydrogen-bond donors (Lipinski definition) is 2. The maximum Gasteiger partial charge on any atom is 0.122 e. The highest BCUT2D eigenvalue weighted by Crippen LogP contribution is 2.29. The van der Waals surface area contributed by atoms with Crippen LogP contribution in [0.25, 0.3) is 0 Å². The third-order valence-electron chi connectivity index (χ3n) is 3.57. The highest BCUT2D eigenvalue weighted by atomic mass is 16.5. The van der Waals surface area contributed by atoms with E-state index < -0.39 is 0 Å². The minimum Gasteiger partial charge on any atom is -0.496 e. The number of nitrogens with zero attached hydrogens (tertiary/aromatic N) is 1. The molecule has 0 atom stereocenters. The molecular weight excluding hydrogens is 238 g/mol. The number of ether oxygens (including phenoxy) is 1. The van der Waals surface area contributed by atoms with E-state index in [9.17, 15) is 0 Å². The lowest BCUT2D eigenvalue weighted by atomic mass is 10.0. The Bertz CT molecular complexity index is 400. The van der Waals surface area contributed by atoms with Gasteiger partial charge in [-0.2, -0.15) is 0 Å². The summed E-state index contributed by atoms with van der Waals surface area (Å²) < 4.78 is 5.41. The van der Waals surface area contributed by atoms with Crippen molar-refractivity contribution in [3.05, 3.63) is 23.8 Å². The fourth-order valence-corrected chi connectivity index (χ4v) is 2.37. The van der Waals surface area contributed by atoms with E-state index in [-0.39, 0.29) is 0 Å². The number of piperazine rings is 1. The van der Waals surface area contributed by atoms with E-state index >= 15 is 0 Å². The molecule has 106 valence electrons. The van der Waals surface area contributed by atoms with Crippen molar-refractivity contribution < 1.29 is 4.74 Å². The van der Waals surface area contributed by atoms with E-state index in [0.29, 0.717) is 5.92 Å². The summed E-state index contributed by atoms with van der Waals surface area (Å²) in [6.07, 6.45) is 0. The molecule has 0 amide bonds. The maximum absolute atomic E-state index is 5.41. The van der Waals surface area contributed by atoms with Crippen LogP contribution in [0.4, 0.5) is 5.69 Å². The number of nitrogens with one attached hydrogen (secondary N) is 2. The van der Waals surface area contributed by atoms with Crippen molar-refractivity contribution in [2.45, 2.75) is 19.8 Å². The highest BCUT2D eigenvalue weighted by molar-refractivity contribution is 5.52. The SMILES string of the molecule is COc1ccc(NCN2CCNCC2)cc1C(C)C. The Morgan fingerprint density at radius 1 is 1.32 bits per heavy atom. The molecule has 0 aromatic heterocycles. The molecule has 4 nitrogen and oxygen atoms in total. The van der Waals surface area contributed by atoms with Gasteiger partial charge in [0.15, 0.2) is 0 Å². The second kappa shape index (κ2) is 6.78. The van der Waals surface area contributed by atoms with Gasteiger partial charge in [-0.25, -0.2) is 0 Å². The van der Waals surface area contributed by atoms with Gasteiger partial charge in [0, 0.05) is 31.9 Å². The first kappa shape index (κ1) is 14.2.